The second-order valence-electron chi connectivity index (χ2n) is 4.46. The quantitative estimate of drug-likeness (QED) is 0.822. The van der Waals surface area contributed by atoms with Crippen LogP contribution in [0.25, 0.3) is 0 Å². The van der Waals surface area contributed by atoms with E-state index >= 15 is 0 Å². The second-order valence-corrected chi connectivity index (χ2v) is 4.46. The van der Waals surface area contributed by atoms with Crippen LogP contribution >= 0.6 is 0 Å². The first-order chi connectivity index (χ1) is 7.76. The van der Waals surface area contributed by atoms with Crippen molar-refractivity contribution >= 4 is 5.82 Å². The van der Waals surface area contributed by atoms with E-state index in [1.807, 2.05) is 7.05 Å². The maximum Gasteiger partial charge on any atom is 0.129 e. The van der Waals surface area contributed by atoms with Crippen molar-refractivity contribution in [2.24, 2.45) is 0 Å². The van der Waals surface area contributed by atoms with E-state index in [0.29, 0.717) is 0 Å². The van der Waals surface area contributed by atoms with Gasteiger partial charge in [-0.1, -0.05) is 6.07 Å². The lowest BCUT2D eigenvalue weighted by Gasteiger charge is -2.22. The zero-order valence-electron chi connectivity index (χ0n) is 10.5. The summed E-state index contributed by atoms with van der Waals surface area (Å²) >= 11 is 0. The van der Waals surface area contributed by atoms with Gasteiger partial charge in [-0.15, -0.1) is 0 Å². The monoisotopic (exact) mass is 219 g/mol. The topological polar surface area (TPSA) is 28.2 Å². The Bertz CT molecular complexity index is 358. The summed E-state index contributed by atoms with van der Waals surface area (Å²) in [6.45, 7) is 6.25. The van der Waals surface area contributed by atoms with Gasteiger partial charge in [0.25, 0.3) is 0 Å². The number of nitrogens with zero attached hydrogens (tertiary/aromatic N) is 2. The van der Waals surface area contributed by atoms with Gasteiger partial charge in [0.2, 0.25) is 0 Å². The molecule has 1 heterocycles. The summed E-state index contributed by atoms with van der Waals surface area (Å²) in [7, 11) is 1.97. The SMILES string of the molecule is CCN(c1ccc(CNC)c(C)n1)C1CC1. The highest BCUT2D eigenvalue weighted by atomic mass is 15.2. The molecular formula is C13H21N3. The van der Waals surface area contributed by atoms with Crippen LogP contribution in [0.3, 0.4) is 0 Å². The van der Waals surface area contributed by atoms with Gasteiger partial charge in [0.1, 0.15) is 5.82 Å². The minimum atomic E-state index is 0.743. The van der Waals surface area contributed by atoms with E-state index in [2.05, 4.69) is 36.2 Å². The normalized spacial score (nSPS) is 15.2. The third-order valence-corrected chi connectivity index (χ3v) is 3.17. The Morgan fingerprint density at radius 1 is 1.44 bits per heavy atom. The molecule has 0 amide bonds. The average molecular weight is 219 g/mol. The fourth-order valence-corrected chi connectivity index (χ4v) is 2.11. The van der Waals surface area contributed by atoms with E-state index in [9.17, 15) is 0 Å². The Hall–Kier alpha value is -1.09. The van der Waals surface area contributed by atoms with Crippen LogP contribution < -0.4 is 10.2 Å². The Morgan fingerprint density at radius 3 is 2.69 bits per heavy atom. The molecule has 0 aromatic carbocycles. The van der Waals surface area contributed by atoms with Crippen molar-refractivity contribution in [2.75, 3.05) is 18.5 Å². The van der Waals surface area contributed by atoms with Crippen molar-refractivity contribution in [3.8, 4) is 0 Å². The molecule has 0 spiro atoms. The van der Waals surface area contributed by atoms with Gasteiger partial charge in [-0.3, -0.25) is 0 Å². The summed E-state index contributed by atoms with van der Waals surface area (Å²) in [6.07, 6.45) is 2.65. The van der Waals surface area contributed by atoms with E-state index in [0.717, 1.165) is 30.6 Å². The van der Waals surface area contributed by atoms with E-state index < -0.39 is 0 Å². The third-order valence-electron chi connectivity index (χ3n) is 3.17. The van der Waals surface area contributed by atoms with Gasteiger partial charge in [0.05, 0.1) is 0 Å². The Labute approximate surface area is 97.9 Å². The third kappa shape index (κ3) is 2.35. The van der Waals surface area contributed by atoms with E-state index in [1.54, 1.807) is 0 Å². The molecule has 16 heavy (non-hydrogen) atoms. The number of pyridine rings is 1. The molecule has 3 nitrogen and oxygen atoms in total. The van der Waals surface area contributed by atoms with Crippen LogP contribution in [0.2, 0.25) is 0 Å². The molecule has 1 N–H and O–H groups in total. The molecule has 0 unspecified atom stereocenters. The van der Waals surface area contributed by atoms with Crippen LogP contribution in [-0.4, -0.2) is 24.6 Å². The second kappa shape index (κ2) is 4.83. The number of hydrogen-bond donors (Lipinski definition) is 1. The van der Waals surface area contributed by atoms with Crippen LogP contribution in [0.15, 0.2) is 12.1 Å². The molecule has 0 saturated heterocycles. The van der Waals surface area contributed by atoms with E-state index in [1.165, 1.54) is 18.4 Å². The molecule has 1 aliphatic carbocycles. The Balaban J connectivity index is 2.18. The van der Waals surface area contributed by atoms with Crippen molar-refractivity contribution < 1.29 is 0 Å². The molecule has 1 saturated carbocycles. The maximum absolute atomic E-state index is 4.71. The Kier molecular flexibility index (Phi) is 3.44. The highest BCUT2D eigenvalue weighted by Gasteiger charge is 2.28. The Morgan fingerprint density at radius 2 is 2.19 bits per heavy atom. The maximum atomic E-state index is 4.71. The number of anilines is 1. The number of nitrogens with one attached hydrogen (secondary N) is 1. The van der Waals surface area contributed by atoms with Crippen molar-refractivity contribution in [1.82, 2.24) is 10.3 Å². The van der Waals surface area contributed by atoms with Crippen molar-refractivity contribution in [3.63, 3.8) is 0 Å². The number of rotatable bonds is 5. The minimum Gasteiger partial charge on any atom is -0.354 e. The summed E-state index contributed by atoms with van der Waals surface area (Å²) in [5.41, 5.74) is 2.43. The molecule has 1 fully saturated rings. The fraction of sp³-hybridized carbons (Fsp3) is 0.615. The molecule has 1 aromatic heterocycles. The highest BCUT2D eigenvalue weighted by molar-refractivity contribution is 5.44. The van der Waals surface area contributed by atoms with Crippen LogP contribution in [0.1, 0.15) is 31.0 Å². The minimum absolute atomic E-state index is 0.743. The number of aromatic nitrogens is 1. The molecule has 1 aliphatic rings. The number of aryl methyl sites for hydroxylation is 1. The van der Waals surface area contributed by atoms with Crippen molar-refractivity contribution in [3.05, 3.63) is 23.4 Å². The summed E-state index contributed by atoms with van der Waals surface area (Å²) < 4.78 is 0. The van der Waals surface area contributed by atoms with Gasteiger partial charge in [-0.2, -0.15) is 0 Å². The van der Waals surface area contributed by atoms with Gasteiger partial charge < -0.3 is 10.2 Å². The van der Waals surface area contributed by atoms with Gasteiger partial charge in [0, 0.05) is 24.8 Å². The predicted molar refractivity (Wildman–Crippen MR) is 67.8 cm³/mol. The van der Waals surface area contributed by atoms with Gasteiger partial charge in [-0.05, 0) is 45.4 Å². The highest BCUT2D eigenvalue weighted by Crippen LogP contribution is 2.30. The van der Waals surface area contributed by atoms with E-state index in [-0.39, 0.29) is 0 Å². The molecular weight excluding hydrogens is 198 g/mol. The smallest absolute Gasteiger partial charge is 0.129 e. The summed E-state index contributed by atoms with van der Waals surface area (Å²) in [5.74, 6) is 1.14. The first-order valence-electron chi connectivity index (χ1n) is 6.14. The summed E-state index contributed by atoms with van der Waals surface area (Å²) in [5, 5.41) is 3.17. The molecule has 0 bridgehead atoms. The lowest BCUT2D eigenvalue weighted by atomic mass is 10.2. The molecule has 0 radical (unpaired) electrons. The van der Waals surface area contributed by atoms with E-state index in [4.69, 9.17) is 4.98 Å². The van der Waals surface area contributed by atoms with Crippen LogP contribution in [0.4, 0.5) is 5.82 Å². The number of hydrogen-bond acceptors (Lipinski definition) is 3. The molecule has 0 aliphatic heterocycles. The molecule has 0 atom stereocenters. The van der Waals surface area contributed by atoms with Gasteiger partial charge in [0.15, 0.2) is 0 Å². The average Bonchev–Trinajstić information content (AvgIpc) is 3.07. The lowest BCUT2D eigenvalue weighted by Crippen LogP contribution is -2.26. The molecule has 1 aromatic rings. The largest absolute Gasteiger partial charge is 0.354 e. The van der Waals surface area contributed by atoms with Crippen LogP contribution in [0, 0.1) is 6.92 Å². The molecule has 88 valence electrons. The van der Waals surface area contributed by atoms with Crippen molar-refractivity contribution in [2.45, 2.75) is 39.3 Å². The van der Waals surface area contributed by atoms with Gasteiger partial charge in [-0.25, -0.2) is 4.98 Å². The lowest BCUT2D eigenvalue weighted by molar-refractivity contribution is 0.784. The van der Waals surface area contributed by atoms with Gasteiger partial charge >= 0.3 is 0 Å². The predicted octanol–water partition coefficient (Wildman–Crippen LogP) is 2.10. The summed E-state index contributed by atoms with van der Waals surface area (Å²) in [4.78, 5) is 7.12. The first kappa shape index (κ1) is 11.4. The van der Waals surface area contributed by atoms with Crippen LogP contribution in [0.5, 0.6) is 0 Å². The zero-order valence-corrected chi connectivity index (χ0v) is 10.5. The molecule has 3 heteroatoms. The standard InChI is InChI=1S/C13H21N3/c1-4-16(12-6-7-12)13-8-5-11(9-14-3)10(2)15-13/h5,8,12,14H,4,6-7,9H2,1-3H3. The summed E-state index contributed by atoms with van der Waals surface area (Å²) in [6, 6.07) is 5.09. The fourth-order valence-electron chi connectivity index (χ4n) is 2.11. The first-order valence-corrected chi connectivity index (χ1v) is 6.14. The zero-order chi connectivity index (χ0) is 11.5. The van der Waals surface area contributed by atoms with Crippen molar-refractivity contribution in [1.29, 1.82) is 0 Å². The van der Waals surface area contributed by atoms with Crippen LogP contribution in [-0.2, 0) is 6.54 Å². The molecule has 2 rings (SSSR count).